The number of rotatable bonds is 15. The number of carbonyl (C=O) groups excluding carboxylic acids is 6. The van der Waals surface area contributed by atoms with Gasteiger partial charge < -0.3 is 31.5 Å². The summed E-state index contributed by atoms with van der Waals surface area (Å²) in [7, 11) is 0. The zero-order valence-corrected chi connectivity index (χ0v) is 30.7. The van der Waals surface area contributed by atoms with Crippen molar-refractivity contribution < 1.29 is 28.8 Å². The Kier molecular flexibility index (Phi) is 14.0. The standard InChI is InChI=1S/C37H60N6O6/c1-9-19-39-32(46)28(44)26(22-24-14-15-24)40-31(45)27-25(21-23(3)4)16-20-43(27)34(48)30(36(5,6)7)41-33(47)29(42-35(49)38-10-2)37(8)17-12-11-13-18-37/h9,21,24-27,29-30H,1,10-20,22H2,2-8H3,(H,39,46)(H,40,45)(H,41,47)(H2,38,42,49)/t25-,26?,27+,29-,30-/m1/s1. The Labute approximate surface area is 292 Å². The van der Waals surface area contributed by atoms with E-state index in [1.165, 1.54) is 11.0 Å². The maximum absolute atomic E-state index is 14.6. The van der Waals surface area contributed by atoms with Gasteiger partial charge in [-0.2, -0.15) is 0 Å². The number of carbonyl (C=O) groups is 6. The first-order valence-electron chi connectivity index (χ1n) is 18.1. The van der Waals surface area contributed by atoms with Crippen molar-refractivity contribution >= 4 is 35.4 Å². The number of nitrogens with zero attached hydrogens (tertiary/aromatic N) is 1. The van der Waals surface area contributed by atoms with Crippen LogP contribution in [0.25, 0.3) is 0 Å². The Hall–Kier alpha value is -3.70. The van der Waals surface area contributed by atoms with Crippen LogP contribution in [0.15, 0.2) is 24.3 Å². The monoisotopic (exact) mass is 684 g/mol. The number of hydrogen-bond acceptors (Lipinski definition) is 6. The van der Waals surface area contributed by atoms with Gasteiger partial charge in [-0.25, -0.2) is 4.79 Å². The van der Waals surface area contributed by atoms with Crippen LogP contribution in [-0.4, -0.2) is 84.1 Å². The summed E-state index contributed by atoms with van der Waals surface area (Å²) >= 11 is 0. The molecule has 6 amide bonds. The molecule has 1 unspecified atom stereocenters. The number of Topliss-reactive ketones (excluding diaryl/α,β-unsaturated/α-hetero) is 1. The Morgan fingerprint density at radius 1 is 0.939 bits per heavy atom. The highest BCUT2D eigenvalue weighted by molar-refractivity contribution is 6.38. The van der Waals surface area contributed by atoms with Gasteiger partial charge in [0.15, 0.2) is 0 Å². The van der Waals surface area contributed by atoms with Crippen LogP contribution in [0, 0.1) is 22.7 Å². The topological polar surface area (TPSA) is 166 Å². The summed E-state index contributed by atoms with van der Waals surface area (Å²) in [6.07, 6.45) is 10.6. The summed E-state index contributed by atoms with van der Waals surface area (Å²) in [5, 5.41) is 14.0. The summed E-state index contributed by atoms with van der Waals surface area (Å²) < 4.78 is 0. The second-order valence-corrected chi connectivity index (χ2v) is 15.7. The molecule has 3 aliphatic rings. The van der Waals surface area contributed by atoms with Crippen molar-refractivity contribution in [1.29, 1.82) is 0 Å². The minimum atomic E-state index is -1.02. The number of amides is 6. The van der Waals surface area contributed by atoms with E-state index in [9.17, 15) is 28.8 Å². The number of allylic oxidation sites excluding steroid dienone is 1. The molecule has 3 fully saturated rings. The smallest absolute Gasteiger partial charge is 0.315 e. The molecule has 2 aliphatic carbocycles. The van der Waals surface area contributed by atoms with E-state index in [4.69, 9.17) is 0 Å². The second kappa shape index (κ2) is 17.3. The van der Waals surface area contributed by atoms with Crippen molar-refractivity contribution in [2.45, 2.75) is 130 Å². The quantitative estimate of drug-likeness (QED) is 0.131. The van der Waals surface area contributed by atoms with Gasteiger partial charge in [0.05, 0.1) is 6.04 Å². The number of likely N-dealkylation sites (tertiary alicyclic amines) is 1. The van der Waals surface area contributed by atoms with Crippen LogP contribution < -0.4 is 26.6 Å². The molecule has 1 saturated heterocycles. The van der Waals surface area contributed by atoms with E-state index in [1.807, 2.05) is 47.6 Å². The normalized spacial score (nSPS) is 22.1. The molecule has 12 nitrogen and oxygen atoms in total. The van der Waals surface area contributed by atoms with Crippen molar-refractivity contribution in [3.05, 3.63) is 24.3 Å². The van der Waals surface area contributed by atoms with Gasteiger partial charge in [0, 0.05) is 25.6 Å². The molecule has 49 heavy (non-hydrogen) atoms. The molecule has 1 heterocycles. The molecular formula is C37H60N6O6. The maximum Gasteiger partial charge on any atom is 0.315 e. The van der Waals surface area contributed by atoms with Crippen molar-refractivity contribution in [3.63, 3.8) is 0 Å². The zero-order chi connectivity index (χ0) is 36.5. The Bertz CT molecular complexity index is 1270. The van der Waals surface area contributed by atoms with Crippen LogP contribution in [0.1, 0.15) is 106 Å². The van der Waals surface area contributed by atoms with Crippen LogP contribution in [-0.2, 0) is 24.0 Å². The van der Waals surface area contributed by atoms with Gasteiger partial charge in [0.1, 0.15) is 18.1 Å². The zero-order valence-electron chi connectivity index (χ0n) is 30.7. The fourth-order valence-electron chi connectivity index (χ4n) is 7.18. The Morgan fingerprint density at radius 3 is 2.14 bits per heavy atom. The minimum absolute atomic E-state index is 0.126. The van der Waals surface area contributed by atoms with Gasteiger partial charge in [0.2, 0.25) is 23.5 Å². The lowest BCUT2D eigenvalue weighted by Gasteiger charge is -2.42. The molecule has 0 bridgehead atoms. The van der Waals surface area contributed by atoms with Gasteiger partial charge in [0.25, 0.3) is 5.91 Å². The summed E-state index contributed by atoms with van der Waals surface area (Å²) in [4.78, 5) is 83.0. The Balaban J connectivity index is 1.92. The summed E-state index contributed by atoms with van der Waals surface area (Å²) in [5.41, 5.74) is -0.267. The van der Waals surface area contributed by atoms with Gasteiger partial charge in [-0.05, 0) is 63.2 Å². The molecule has 0 aromatic rings. The maximum atomic E-state index is 14.6. The second-order valence-electron chi connectivity index (χ2n) is 15.7. The molecule has 12 heteroatoms. The fourth-order valence-corrected chi connectivity index (χ4v) is 7.18. The van der Waals surface area contributed by atoms with Gasteiger partial charge in [-0.3, -0.25) is 24.0 Å². The van der Waals surface area contributed by atoms with Crippen LogP contribution in [0.4, 0.5) is 4.79 Å². The van der Waals surface area contributed by atoms with Crippen LogP contribution in [0.5, 0.6) is 0 Å². The molecule has 1 aliphatic heterocycles. The highest BCUT2D eigenvalue weighted by atomic mass is 16.2. The molecule has 0 radical (unpaired) electrons. The van der Waals surface area contributed by atoms with E-state index >= 15 is 0 Å². The first-order valence-corrected chi connectivity index (χ1v) is 18.1. The van der Waals surface area contributed by atoms with E-state index in [0.29, 0.717) is 19.4 Å². The lowest BCUT2D eigenvalue weighted by Crippen LogP contribution is -2.64. The molecule has 0 aromatic heterocycles. The van der Waals surface area contributed by atoms with E-state index in [-0.39, 0.29) is 24.9 Å². The Morgan fingerprint density at radius 2 is 1.59 bits per heavy atom. The third-order valence-corrected chi connectivity index (χ3v) is 10.0. The first-order chi connectivity index (χ1) is 23.0. The third-order valence-electron chi connectivity index (χ3n) is 10.0. The summed E-state index contributed by atoms with van der Waals surface area (Å²) in [6.45, 7) is 17.6. The number of nitrogens with one attached hydrogen (secondary N) is 5. The van der Waals surface area contributed by atoms with E-state index in [1.54, 1.807) is 6.92 Å². The summed E-state index contributed by atoms with van der Waals surface area (Å²) in [6, 6.07) is -4.29. The highest BCUT2D eigenvalue weighted by Crippen LogP contribution is 2.39. The number of hydrogen-bond donors (Lipinski definition) is 5. The van der Waals surface area contributed by atoms with Crippen molar-refractivity contribution in [2.24, 2.45) is 22.7 Å². The predicted octanol–water partition coefficient (Wildman–Crippen LogP) is 3.51. The molecule has 274 valence electrons. The van der Waals surface area contributed by atoms with Crippen LogP contribution in [0.2, 0.25) is 0 Å². The minimum Gasteiger partial charge on any atom is -0.346 e. The molecule has 0 spiro atoms. The molecule has 3 rings (SSSR count). The van der Waals surface area contributed by atoms with E-state index in [0.717, 1.165) is 50.5 Å². The largest absolute Gasteiger partial charge is 0.346 e. The summed E-state index contributed by atoms with van der Waals surface area (Å²) in [5.74, 6) is -2.96. The lowest BCUT2D eigenvalue weighted by atomic mass is 9.70. The SMILES string of the molecule is C=CCNC(=O)C(=O)C(CC1CC1)NC(=O)[C@@H]1[C@@H](C=C(C)C)CCN1C(=O)[C@@H](NC(=O)[C@@H](NC(=O)NCC)C1(C)CCCCC1)C(C)(C)C. The fraction of sp³-hybridized carbons (Fsp3) is 0.730. The average molecular weight is 685 g/mol. The third kappa shape index (κ3) is 10.9. The van der Waals surface area contributed by atoms with E-state index < -0.39 is 70.4 Å². The lowest BCUT2D eigenvalue weighted by molar-refractivity contribution is -0.146. The van der Waals surface area contributed by atoms with Crippen LogP contribution in [0.3, 0.4) is 0 Å². The first kappa shape index (κ1) is 39.7. The number of urea groups is 1. The molecular weight excluding hydrogens is 624 g/mol. The van der Waals surface area contributed by atoms with E-state index in [2.05, 4.69) is 33.2 Å². The number of ketones is 1. The van der Waals surface area contributed by atoms with Gasteiger partial charge in [-0.15, -0.1) is 6.58 Å². The van der Waals surface area contributed by atoms with Crippen LogP contribution >= 0.6 is 0 Å². The average Bonchev–Trinajstić information content (AvgIpc) is 3.76. The molecule has 5 N–H and O–H groups in total. The van der Waals surface area contributed by atoms with Crippen molar-refractivity contribution in [2.75, 3.05) is 19.6 Å². The van der Waals surface area contributed by atoms with Gasteiger partial charge >= 0.3 is 6.03 Å². The predicted molar refractivity (Wildman–Crippen MR) is 189 cm³/mol. The van der Waals surface area contributed by atoms with Crippen molar-refractivity contribution in [3.8, 4) is 0 Å². The van der Waals surface area contributed by atoms with Crippen molar-refractivity contribution in [1.82, 2.24) is 31.5 Å². The highest BCUT2D eigenvalue weighted by Gasteiger charge is 2.48. The molecule has 0 aromatic carbocycles. The van der Waals surface area contributed by atoms with Gasteiger partial charge in [-0.1, -0.05) is 77.5 Å². The molecule has 2 saturated carbocycles. The molecule has 5 atom stereocenters.